The summed E-state index contributed by atoms with van der Waals surface area (Å²) in [6.07, 6.45) is 3.85. The highest BCUT2D eigenvalue weighted by atomic mass is 16.7. The summed E-state index contributed by atoms with van der Waals surface area (Å²) in [5, 5.41) is 18.0. The third-order valence-electron chi connectivity index (χ3n) is 5.47. The summed E-state index contributed by atoms with van der Waals surface area (Å²) in [4.78, 5) is 46.4. The van der Waals surface area contributed by atoms with Crippen molar-refractivity contribution in [1.82, 2.24) is 10.3 Å². The van der Waals surface area contributed by atoms with Crippen LogP contribution in [0.2, 0.25) is 0 Å². The van der Waals surface area contributed by atoms with Crippen LogP contribution in [0.1, 0.15) is 39.3 Å². The van der Waals surface area contributed by atoms with E-state index in [9.17, 15) is 19.5 Å². The first-order chi connectivity index (χ1) is 15.8. The Morgan fingerprint density at radius 2 is 2.03 bits per heavy atom. The van der Waals surface area contributed by atoms with E-state index in [1.54, 1.807) is 13.1 Å². The fraction of sp³-hybridized carbons (Fsp3) is 0.375. The lowest BCUT2D eigenvalue weighted by Crippen LogP contribution is -2.53. The highest BCUT2D eigenvalue weighted by Crippen LogP contribution is 2.35. The third kappa shape index (κ3) is 5.36. The van der Waals surface area contributed by atoms with E-state index in [2.05, 4.69) is 15.5 Å². The minimum absolute atomic E-state index is 0.166. The predicted molar refractivity (Wildman–Crippen MR) is 122 cm³/mol. The average molecular weight is 453 g/mol. The molecule has 33 heavy (non-hydrogen) atoms. The highest BCUT2D eigenvalue weighted by Gasteiger charge is 2.50. The summed E-state index contributed by atoms with van der Waals surface area (Å²) in [6, 6.07) is 8.68. The number of carbonyl (C=O) groups excluding carboxylic acids is 2. The minimum atomic E-state index is -1.34. The van der Waals surface area contributed by atoms with E-state index in [0.29, 0.717) is 11.4 Å². The number of oxime groups is 1. The molecule has 1 aliphatic heterocycles. The zero-order valence-electron chi connectivity index (χ0n) is 18.8. The number of aliphatic carboxylic acids is 1. The molecule has 9 nitrogen and oxygen atoms in total. The van der Waals surface area contributed by atoms with Gasteiger partial charge in [-0.2, -0.15) is 0 Å². The number of benzene rings is 1. The van der Waals surface area contributed by atoms with Gasteiger partial charge in [0.1, 0.15) is 5.71 Å². The molecule has 174 valence electrons. The molecule has 1 amide bonds. The summed E-state index contributed by atoms with van der Waals surface area (Å²) in [6.45, 7) is 5.50. The smallest absolute Gasteiger partial charge is 0.330 e. The van der Waals surface area contributed by atoms with Gasteiger partial charge in [-0.3, -0.25) is 14.6 Å². The number of rotatable bonds is 9. The van der Waals surface area contributed by atoms with Gasteiger partial charge in [0, 0.05) is 30.0 Å². The van der Waals surface area contributed by atoms with Crippen molar-refractivity contribution in [3.8, 4) is 0 Å². The molecule has 1 aliphatic rings. The van der Waals surface area contributed by atoms with Gasteiger partial charge in [0.25, 0.3) is 5.91 Å². The van der Waals surface area contributed by atoms with Gasteiger partial charge in [0.2, 0.25) is 5.60 Å². The molecule has 2 aromatic rings. The van der Waals surface area contributed by atoms with Gasteiger partial charge in [0.15, 0.2) is 0 Å². The van der Waals surface area contributed by atoms with E-state index in [4.69, 9.17) is 9.57 Å². The summed E-state index contributed by atoms with van der Waals surface area (Å²) in [5.74, 6) is -2.55. The molecule has 2 atom stereocenters. The normalized spacial score (nSPS) is 18.7. The number of ether oxygens (including phenoxy) is 1. The average Bonchev–Trinajstić information content (AvgIpc) is 3.24. The number of pyridine rings is 1. The van der Waals surface area contributed by atoms with E-state index >= 15 is 0 Å². The molecule has 1 aromatic carbocycles. The van der Waals surface area contributed by atoms with E-state index in [1.807, 2.05) is 44.2 Å². The van der Waals surface area contributed by atoms with Gasteiger partial charge in [0.05, 0.1) is 24.8 Å². The van der Waals surface area contributed by atoms with Gasteiger partial charge in [-0.05, 0) is 18.4 Å². The largest absolute Gasteiger partial charge is 0.481 e. The Morgan fingerprint density at radius 1 is 1.27 bits per heavy atom. The summed E-state index contributed by atoms with van der Waals surface area (Å²) < 4.78 is 4.82. The van der Waals surface area contributed by atoms with Crippen LogP contribution in [-0.4, -0.2) is 51.9 Å². The number of nitrogens with zero attached hydrogens (tertiary/aromatic N) is 2. The van der Waals surface area contributed by atoms with Crippen molar-refractivity contribution in [2.24, 2.45) is 11.1 Å². The van der Waals surface area contributed by atoms with E-state index in [-0.39, 0.29) is 18.9 Å². The number of hydrogen-bond acceptors (Lipinski definition) is 7. The molecular weight excluding hydrogens is 426 g/mol. The second-order valence-electron chi connectivity index (χ2n) is 8.02. The molecule has 0 saturated heterocycles. The number of esters is 1. The van der Waals surface area contributed by atoms with Crippen LogP contribution in [0.15, 0.2) is 53.8 Å². The van der Waals surface area contributed by atoms with Crippen molar-refractivity contribution in [2.45, 2.75) is 45.3 Å². The van der Waals surface area contributed by atoms with E-state index in [0.717, 1.165) is 16.8 Å². The molecule has 0 radical (unpaired) electrons. The van der Waals surface area contributed by atoms with Gasteiger partial charge in [-0.1, -0.05) is 49.3 Å². The van der Waals surface area contributed by atoms with Crippen LogP contribution in [0.4, 0.5) is 0 Å². The van der Waals surface area contributed by atoms with Crippen molar-refractivity contribution >= 4 is 34.3 Å². The minimum Gasteiger partial charge on any atom is -0.481 e. The Labute approximate surface area is 191 Å². The number of carboxylic acids is 1. The molecule has 0 fully saturated rings. The van der Waals surface area contributed by atoms with Crippen molar-refractivity contribution in [3.63, 3.8) is 0 Å². The molecule has 9 heteroatoms. The fourth-order valence-electron chi connectivity index (χ4n) is 3.65. The lowest BCUT2D eigenvalue weighted by Gasteiger charge is -2.30. The lowest BCUT2D eigenvalue weighted by molar-refractivity contribution is -0.150. The topological polar surface area (TPSA) is 127 Å². The number of amides is 1. The molecule has 0 saturated carbocycles. The first-order valence-electron chi connectivity index (χ1n) is 10.7. The van der Waals surface area contributed by atoms with Crippen LogP contribution in [0.3, 0.4) is 0 Å². The summed E-state index contributed by atoms with van der Waals surface area (Å²) >= 11 is 0. The van der Waals surface area contributed by atoms with Gasteiger partial charge < -0.3 is 20.0 Å². The SMILES string of the molecule is CCOC(=O)/C=C/[C@H](CC(=O)O)NC(=O)[C@@]1(C(C)C)CC(c2nccc3ccccc23)=NO1. The van der Waals surface area contributed by atoms with Crippen LogP contribution < -0.4 is 5.32 Å². The second kappa shape index (κ2) is 10.2. The molecule has 0 unspecified atom stereocenters. The van der Waals surface area contributed by atoms with Crippen LogP contribution in [-0.2, 0) is 24.0 Å². The number of carbonyl (C=O) groups is 3. The lowest BCUT2D eigenvalue weighted by atomic mass is 9.83. The van der Waals surface area contributed by atoms with Crippen LogP contribution in [0.25, 0.3) is 10.8 Å². The number of aromatic nitrogens is 1. The maximum absolute atomic E-state index is 13.3. The third-order valence-corrected chi connectivity index (χ3v) is 5.47. The molecule has 1 aromatic heterocycles. The van der Waals surface area contributed by atoms with E-state index < -0.39 is 35.9 Å². The standard InChI is InChI=1S/C24H27N3O6/c1-4-32-21(30)10-9-17(13-20(28)29)26-23(31)24(15(2)3)14-19(27-33-24)22-18-8-6-5-7-16(18)11-12-25-22/h5-12,15,17H,4,13-14H2,1-3H3,(H,26,31)(H,28,29)/b10-9+/t17-,24+/m1/s1. The number of nitrogens with one attached hydrogen (secondary N) is 1. The number of fused-ring (bicyclic) bond motifs is 1. The molecule has 0 bridgehead atoms. The Kier molecular flexibility index (Phi) is 7.42. The Hall–Kier alpha value is -3.75. The molecule has 2 N–H and O–H groups in total. The van der Waals surface area contributed by atoms with Crippen molar-refractivity contribution in [1.29, 1.82) is 0 Å². The first-order valence-corrected chi connectivity index (χ1v) is 10.7. The van der Waals surface area contributed by atoms with Crippen LogP contribution in [0, 0.1) is 5.92 Å². The zero-order chi connectivity index (χ0) is 24.0. The Balaban J connectivity index is 1.83. The highest BCUT2D eigenvalue weighted by molar-refractivity contribution is 6.11. The molecule has 2 heterocycles. The quantitative estimate of drug-likeness (QED) is 0.441. The molecular formula is C24H27N3O6. The molecule has 3 rings (SSSR count). The number of hydrogen-bond donors (Lipinski definition) is 2. The van der Waals surface area contributed by atoms with Gasteiger partial charge in [-0.25, -0.2) is 4.79 Å². The fourth-order valence-corrected chi connectivity index (χ4v) is 3.65. The van der Waals surface area contributed by atoms with Crippen molar-refractivity contribution < 1.29 is 29.1 Å². The van der Waals surface area contributed by atoms with Crippen LogP contribution >= 0.6 is 0 Å². The monoisotopic (exact) mass is 453 g/mol. The predicted octanol–water partition coefficient (Wildman–Crippen LogP) is 2.83. The summed E-state index contributed by atoms with van der Waals surface area (Å²) in [7, 11) is 0. The first kappa shape index (κ1) is 23.9. The molecule has 0 aliphatic carbocycles. The maximum Gasteiger partial charge on any atom is 0.330 e. The Morgan fingerprint density at radius 3 is 2.73 bits per heavy atom. The van der Waals surface area contributed by atoms with Crippen molar-refractivity contribution in [3.05, 3.63) is 54.4 Å². The van der Waals surface area contributed by atoms with Crippen LogP contribution in [0.5, 0.6) is 0 Å². The van der Waals surface area contributed by atoms with Gasteiger partial charge in [-0.15, -0.1) is 0 Å². The second-order valence-corrected chi connectivity index (χ2v) is 8.02. The van der Waals surface area contributed by atoms with E-state index in [1.165, 1.54) is 6.08 Å². The van der Waals surface area contributed by atoms with Crippen molar-refractivity contribution in [2.75, 3.05) is 6.61 Å². The zero-order valence-corrected chi connectivity index (χ0v) is 18.8. The summed E-state index contributed by atoms with van der Waals surface area (Å²) in [5.41, 5.74) is -0.178. The molecule has 0 spiro atoms. The number of carboxylic acid groups (broad SMARTS) is 1. The van der Waals surface area contributed by atoms with Gasteiger partial charge >= 0.3 is 11.9 Å². The maximum atomic E-state index is 13.3. The Bertz CT molecular complexity index is 1110.